The van der Waals surface area contributed by atoms with Crippen LogP contribution in [0.3, 0.4) is 0 Å². The van der Waals surface area contributed by atoms with E-state index in [-0.39, 0.29) is 5.41 Å². The lowest BCUT2D eigenvalue weighted by Gasteiger charge is -2.18. The highest BCUT2D eigenvalue weighted by Gasteiger charge is 2.14. The summed E-state index contributed by atoms with van der Waals surface area (Å²) in [5.41, 5.74) is 2.52. The van der Waals surface area contributed by atoms with E-state index in [1.165, 1.54) is 0 Å². The van der Waals surface area contributed by atoms with Gasteiger partial charge in [0.2, 0.25) is 0 Å². The number of hydrogen-bond acceptors (Lipinski definition) is 3. The van der Waals surface area contributed by atoms with E-state index in [2.05, 4.69) is 56.8 Å². The summed E-state index contributed by atoms with van der Waals surface area (Å²) in [6.45, 7) is 13.8. The second-order valence-corrected chi connectivity index (χ2v) is 6.19. The summed E-state index contributed by atoms with van der Waals surface area (Å²) in [5.74, 6) is 0.948. The first-order valence-electron chi connectivity index (χ1n) is 6.33. The van der Waals surface area contributed by atoms with Gasteiger partial charge < -0.3 is 5.32 Å². The van der Waals surface area contributed by atoms with Crippen LogP contribution in [0.15, 0.2) is 6.20 Å². The minimum absolute atomic E-state index is 0.234. The predicted octanol–water partition coefficient (Wildman–Crippen LogP) is 2.87. The van der Waals surface area contributed by atoms with E-state index in [0.717, 1.165) is 30.0 Å². The average Bonchev–Trinajstić information content (AvgIpc) is 2.16. The molecule has 0 saturated heterocycles. The van der Waals surface area contributed by atoms with Gasteiger partial charge in [-0.3, -0.25) is 0 Å². The summed E-state index contributed by atoms with van der Waals surface area (Å²) in [7, 11) is 0. The molecule has 0 saturated carbocycles. The van der Waals surface area contributed by atoms with Crippen LogP contribution >= 0.6 is 0 Å². The highest BCUT2D eigenvalue weighted by atomic mass is 14.9. The Balaban J connectivity index is 2.79. The lowest BCUT2D eigenvalue weighted by molar-refractivity contribution is 0.399. The SMILES string of the molecule is Cc1cnc(CC(C)(C)C)nc1CNC(C)C. The molecule has 0 bridgehead atoms. The fraction of sp³-hybridized carbons (Fsp3) is 0.714. The monoisotopic (exact) mass is 235 g/mol. The van der Waals surface area contributed by atoms with Gasteiger partial charge in [-0.15, -0.1) is 0 Å². The van der Waals surface area contributed by atoms with Gasteiger partial charge in [-0.1, -0.05) is 34.6 Å². The molecule has 0 unspecified atom stereocenters. The first-order chi connectivity index (χ1) is 7.78. The van der Waals surface area contributed by atoms with Gasteiger partial charge in [0, 0.05) is 25.2 Å². The van der Waals surface area contributed by atoms with Gasteiger partial charge in [0.25, 0.3) is 0 Å². The van der Waals surface area contributed by atoms with Crippen LogP contribution < -0.4 is 5.32 Å². The van der Waals surface area contributed by atoms with Crippen molar-refractivity contribution in [2.75, 3.05) is 0 Å². The molecule has 0 aliphatic rings. The molecule has 17 heavy (non-hydrogen) atoms. The molecule has 1 N–H and O–H groups in total. The number of aromatic nitrogens is 2. The van der Waals surface area contributed by atoms with Crippen LogP contribution in [-0.2, 0) is 13.0 Å². The number of rotatable bonds is 4. The molecule has 1 heterocycles. The lowest BCUT2D eigenvalue weighted by Crippen LogP contribution is -2.24. The van der Waals surface area contributed by atoms with Crippen LogP contribution in [0.4, 0.5) is 0 Å². The number of nitrogens with zero attached hydrogens (tertiary/aromatic N) is 2. The Morgan fingerprint density at radius 2 is 1.94 bits per heavy atom. The van der Waals surface area contributed by atoms with Crippen LogP contribution in [0.2, 0.25) is 0 Å². The molecular formula is C14H25N3. The number of hydrogen-bond donors (Lipinski definition) is 1. The quantitative estimate of drug-likeness (QED) is 0.872. The van der Waals surface area contributed by atoms with Crippen molar-refractivity contribution < 1.29 is 0 Å². The Hall–Kier alpha value is -0.960. The van der Waals surface area contributed by atoms with Crippen LogP contribution in [0.1, 0.15) is 51.7 Å². The predicted molar refractivity (Wildman–Crippen MR) is 71.9 cm³/mol. The zero-order chi connectivity index (χ0) is 13.1. The van der Waals surface area contributed by atoms with E-state index in [9.17, 15) is 0 Å². The van der Waals surface area contributed by atoms with Crippen molar-refractivity contribution in [1.82, 2.24) is 15.3 Å². The molecule has 1 rings (SSSR count). The van der Waals surface area contributed by atoms with Crippen molar-refractivity contribution in [1.29, 1.82) is 0 Å². The zero-order valence-corrected chi connectivity index (χ0v) is 12.0. The van der Waals surface area contributed by atoms with E-state index in [0.29, 0.717) is 6.04 Å². The second-order valence-electron chi connectivity index (χ2n) is 6.19. The smallest absolute Gasteiger partial charge is 0.129 e. The fourth-order valence-electron chi connectivity index (χ4n) is 1.56. The maximum atomic E-state index is 4.66. The van der Waals surface area contributed by atoms with Crippen molar-refractivity contribution in [3.8, 4) is 0 Å². The minimum atomic E-state index is 0.234. The van der Waals surface area contributed by atoms with Gasteiger partial charge in [0.05, 0.1) is 5.69 Å². The third-order valence-electron chi connectivity index (χ3n) is 2.49. The van der Waals surface area contributed by atoms with Crippen LogP contribution in [0.5, 0.6) is 0 Å². The molecule has 0 aromatic carbocycles. The van der Waals surface area contributed by atoms with E-state index < -0.39 is 0 Å². The highest BCUT2D eigenvalue weighted by molar-refractivity contribution is 5.16. The average molecular weight is 235 g/mol. The van der Waals surface area contributed by atoms with Crippen molar-refractivity contribution in [2.45, 2.75) is 60.5 Å². The van der Waals surface area contributed by atoms with Crippen LogP contribution in [0.25, 0.3) is 0 Å². The highest BCUT2D eigenvalue weighted by Crippen LogP contribution is 2.18. The van der Waals surface area contributed by atoms with E-state index in [4.69, 9.17) is 0 Å². The molecule has 96 valence electrons. The van der Waals surface area contributed by atoms with Gasteiger partial charge in [-0.05, 0) is 17.9 Å². The third-order valence-corrected chi connectivity index (χ3v) is 2.49. The first-order valence-corrected chi connectivity index (χ1v) is 6.33. The van der Waals surface area contributed by atoms with Crippen LogP contribution in [0, 0.1) is 12.3 Å². The number of aryl methyl sites for hydroxylation is 1. The van der Waals surface area contributed by atoms with E-state index >= 15 is 0 Å². The number of nitrogens with one attached hydrogen (secondary N) is 1. The molecule has 0 aliphatic carbocycles. The second kappa shape index (κ2) is 5.58. The molecule has 0 amide bonds. The summed E-state index contributed by atoms with van der Waals surface area (Å²) < 4.78 is 0. The summed E-state index contributed by atoms with van der Waals surface area (Å²) in [6.07, 6.45) is 2.85. The van der Waals surface area contributed by atoms with E-state index in [1.807, 2.05) is 6.20 Å². The van der Waals surface area contributed by atoms with Gasteiger partial charge in [0.1, 0.15) is 5.82 Å². The fourth-order valence-corrected chi connectivity index (χ4v) is 1.56. The van der Waals surface area contributed by atoms with E-state index in [1.54, 1.807) is 0 Å². The Labute approximate surface area is 105 Å². The molecule has 0 aliphatic heterocycles. The molecule has 0 spiro atoms. The molecular weight excluding hydrogens is 210 g/mol. The zero-order valence-electron chi connectivity index (χ0n) is 12.0. The van der Waals surface area contributed by atoms with Crippen molar-refractivity contribution in [3.05, 3.63) is 23.3 Å². The molecule has 1 aromatic heterocycles. The molecule has 0 radical (unpaired) electrons. The standard InChI is InChI=1S/C14H25N3/c1-10(2)15-9-12-11(3)8-16-13(17-12)7-14(4,5)6/h8,10,15H,7,9H2,1-6H3. The molecule has 0 fully saturated rings. The van der Waals surface area contributed by atoms with Crippen molar-refractivity contribution >= 4 is 0 Å². The Morgan fingerprint density at radius 3 is 2.47 bits per heavy atom. The topological polar surface area (TPSA) is 37.8 Å². The van der Waals surface area contributed by atoms with Gasteiger partial charge in [0.15, 0.2) is 0 Å². The van der Waals surface area contributed by atoms with Gasteiger partial charge in [-0.25, -0.2) is 9.97 Å². The van der Waals surface area contributed by atoms with Gasteiger partial charge >= 0.3 is 0 Å². The van der Waals surface area contributed by atoms with Crippen molar-refractivity contribution in [3.63, 3.8) is 0 Å². The van der Waals surface area contributed by atoms with Crippen LogP contribution in [-0.4, -0.2) is 16.0 Å². The minimum Gasteiger partial charge on any atom is -0.309 e. The Morgan fingerprint density at radius 1 is 1.29 bits per heavy atom. The summed E-state index contributed by atoms with van der Waals surface area (Å²) in [5, 5.41) is 3.40. The van der Waals surface area contributed by atoms with Crippen molar-refractivity contribution in [2.24, 2.45) is 5.41 Å². The maximum absolute atomic E-state index is 4.66. The normalized spacial score (nSPS) is 12.2. The summed E-state index contributed by atoms with van der Waals surface area (Å²) in [6, 6.07) is 0.482. The Bertz CT molecular complexity index is 364. The lowest BCUT2D eigenvalue weighted by atomic mass is 9.92. The largest absolute Gasteiger partial charge is 0.309 e. The maximum Gasteiger partial charge on any atom is 0.129 e. The summed E-state index contributed by atoms with van der Waals surface area (Å²) in [4.78, 5) is 9.07. The molecule has 3 heteroatoms. The molecule has 0 atom stereocenters. The molecule has 3 nitrogen and oxygen atoms in total. The third kappa shape index (κ3) is 5.26. The molecule has 1 aromatic rings. The Kier molecular flexibility index (Phi) is 4.63. The first kappa shape index (κ1) is 14.1. The summed E-state index contributed by atoms with van der Waals surface area (Å²) >= 11 is 0. The van der Waals surface area contributed by atoms with Gasteiger partial charge in [-0.2, -0.15) is 0 Å².